The number of hydrogen-bond acceptors (Lipinski definition) is 1. The van der Waals surface area contributed by atoms with Gasteiger partial charge < -0.3 is 4.40 Å². The minimum atomic E-state index is -0.254. The topological polar surface area (TPSA) is 17.3 Å². The van der Waals surface area contributed by atoms with E-state index in [9.17, 15) is 4.39 Å². The Kier molecular flexibility index (Phi) is 2.56. The van der Waals surface area contributed by atoms with Crippen LogP contribution in [-0.2, 0) is 0 Å². The van der Waals surface area contributed by atoms with Crippen molar-refractivity contribution >= 4 is 17.2 Å². The predicted octanol–water partition coefficient (Wildman–Crippen LogP) is 4.10. The lowest BCUT2D eigenvalue weighted by molar-refractivity contribution is 0.622. The second-order valence-corrected chi connectivity index (χ2v) is 4.54. The number of hydrogen-bond donors (Lipinski definition) is 0. The Bertz CT molecular complexity index is 734. The molecule has 0 N–H and O–H groups in total. The molecule has 0 unspecified atom stereocenters. The van der Waals surface area contributed by atoms with Crippen molar-refractivity contribution in [1.29, 1.82) is 0 Å². The fraction of sp³-hybridized carbons (Fsp3) is 0.0714. The van der Waals surface area contributed by atoms with Gasteiger partial charge in [-0.1, -0.05) is 29.8 Å². The monoisotopic (exact) mass is 260 g/mol. The lowest BCUT2D eigenvalue weighted by Crippen LogP contribution is -1.93. The molecule has 2 nitrogen and oxygen atoms in total. The molecule has 0 bridgehead atoms. The van der Waals surface area contributed by atoms with Gasteiger partial charge in [-0.05, 0) is 18.6 Å². The summed E-state index contributed by atoms with van der Waals surface area (Å²) in [6.45, 7) is 1.73. The predicted molar refractivity (Wildman–Crippen MR) is 70.3 cm³/mol. The largest absolute Gasteiger partial charge is 0.307 e. The van der Waals surface area contributed by atoms with E-state index in [0.717, 1.165) is 0 Å². The molecule has 0 saturated carbocycles. The van der Waals surface area contributed by atoms with Gasteiger partial charge in [-0.3, -0.25) is 0 Å². The zero-order valence-corrected chi connectivity index (χ0v) is 10.4. The first-order valence-corrected chi connectivity index (χ1v) is 5.93. The molecular weight excluding hydrogens is 251 g/mol. The van der Waals surface area contributed by atoms with E-state index in [-0.39, 0.29) is 5.82 Å². The summed E-state index contributed by atoms with van der Waals surface area (Å²) < 4.78 is 16.0. The van der Waals surface area contributed by atoms with Crippen molar-refractivity contribution in [3.63, 3.8) is 0 Å². The lowest BCUT2D eigenvalue weighted by Gasteiger charge is -2.09. The molecule has 0 radical (unpaired) electrons. The third-order valence-electron chi connectivity index (χ3n) is 2.97. The van der Waals surface area contributed by atoms with Crippen molar-refractivity contribution in [3.8, 4) is 11.1 Å². The Morgan fingerprint density at radius 2 is 2.06 bits per heavy atom. The van der Waals surface area contributed by atoms with E-state index >= 15 is 0 Å². The summed E-state index contributed by atoms with van der Waals surface area (Å²) in [6.07, 6.45) is 5.29. The molecule has 0 spiro atoms. The van der Waals surface area contributed by atoms with Gasteiger partial charge in [0.05, 0.1) is 5.02 Å². The number of nitrogens with zero attached hydrogens (tertiary/aromatic N) is 2. The van der Waals surface area contributed by atoms with Gasteiger partial charge in [0.15, 0.2) is 0 Å². The molecule has 18 heavy (non-hydrogen) atoms. The van der Waals surface area contributed by atoms with E-state index in [2.05, 4.69) is 4.98 Å². The van der Waals surface area contributed by atoms with E-state index < -0.39 is 0 Å². The molecule has 0 amide bonds. The first-order valence-electron chi connectivity index (χ1n) is 5.55. The normalized spacial score (nSPS) is 11.1. The summed E-state index contributed by atoms with van der Waals surface area (Å²) in [5.74, 6) is -0.254. The maximum Gasteiger partial charge on any atom is 0.146 e. The van der Waals surface area contributed by atoms with Gasteiger partial charge in [0.25, 0.3) is 0 Å². The highest BCUT2D eigenvalue weighted by molar-refractivity contribution is 6.34. The number of rotatable bonds is 1. The van der Waals surface area contributed by atoms with E-state index in [1.54, 1.807) is 31.3 Å². The van der Waals surface area contributed by atoms with Crippen LogP contribution in [0.4, 0.5) is 4.39 Å². The molecule has 3 rings (SSSR count). The Balaban J connectivity index is 2.40. The van der Waals surface area contributed by atoms with Crippen molar-refractivity contribution < 1.29 is 4.39 Å². The quantitative estimate of drug-likeness (QED) is 0.644. The molecule has 0 aliphatic rings. The molecule has 2 heterocycles. The van der Waals surface area contributed by atoms with Crippen LogP contribution in [0.25, 0.3) is 16.8 Å². The van der Waals surface area contributed by atoms with Crippen LogP contribution in [0.15, 0.2) is 42.9 Å². The maximum atomic E-state index is 14.2. The maximum absolute atomic E-state index is 14.2. The van der Waals surface area contributed by atoms with Gasteiger partial charge in [-0.2, -0.15) is 0 Å². The van der Waals surface area contributed by atoms with Crippen LogP contribution in [-0.4, -0.2) is 9.38 Å². The summed E-state index contributed by atoms with van der Waals surface area (Å²) in [4.78, 5) is 4.24. The third kappa shape index (κ3) is 1.59. The number of pyridine rings is 1. The van der Waals surface area contributed by atoms with E-state index in [0.29, 0.717) is 27.4 Å². The van der Waals surface area contributed by atoms with Crippen molar-refractivity contribution in [2.45, 2.75) is 6.92 Å². The number of benzene rings is 1. The fourth-order valence-electron chi connectivity index (χ4n) is 2.05. The average molecular weight is 261 g/mol. The highest BCUT2D eigenvalue weighted by Crippen LogP contribution is 2.33. The van der Waals surface area contributed by atoms with Crippen molar-refractivity contribution in [2.24, 2.45) is 0 Å². The molecule has 0 saturated heterocycles. The van der Waals surface area contributed by atoms with Gasteiger partial charge in [-0.15, -0.1) is 0 Å². The summed E-state index contributed by atoms with van der Waals surface area (Å²) in [7, 11) is 0. The fourth-order valence-corrected chi connectivity index (χ4v) is 2.30. The van der Waals surface area contributed by atoms with Gasteiger partial charge in [0, 0.05) is 29.7 Å². The van der Waals surface area contributed by atoms with Gasteiger partial charge in [0.1, 0.15) is 11.5 Å². The first-order chi connectivity index (χ1) is 8.68. The molecule has 4 heteroatoms. The number of halogens is 2. The minimum Gasteiger partial charge on any atom is -0.307 e. The summed E-state index contributed by atoms with van der Waals surface area (Å²) in [5, 5.41) is 0.498. The highest BCUT2D eigenvalue weighted by Gasteiger charge is 2.15. The standard InChI is InChI=1S/C14H10ClFN2/c1-9-3-2-4-10(13(9)16)12-11(15)5-7-18-8-6-17-14(12)18/h2-8H,1H3. The van der Waals surface area contributed by atoms with E-state index in [1.165, 1.54) is 0 Å². The smallest absolute Gasteiger partial charge is 0.146 e. The molecule has 0 atom stereocenters. The molecule has 0 aliphatic heterocycles. The summed E-state index contributed by atoms with van der Waals surface area (Å²) >= 11 is 6.20. The van der Waals surface area contributed by atoms with E-state index in [4.69, 9.17) is 11.6 Å². The van der Waals surface area contributed by atoms with Crippen LogP contribution in [0.1, 0.15) is 5.56 Å². The van der Waals surface area contributed by atoms with Crippen molar-refractivity contribution in [1.82, 2.24) is 9.38 Å². The Morgan fingerprint density at radius 1 is 1.22 bits per heavy atom. The Morgan fingerprint density at radius 3 is 2.89 bits per heavy atom. The Hall–Kier alpha value is -1.87. The van der Waals surface area contributed by atoms with Crippen molar-refractivity contribution in [3.05, 3.63) is 59.3 Å². The molecule has 2 aromatic heterocycles. The number of imidazole rings is 1. The molecule has 0 fully saturated rings. The van der Waals surface area contributed by atoms with Crippen LogP contribution < -0.4 is 0 Å². The number of fused-ring (bicyclic) bond motifs is 1. The summed E-state index contributed by atoms with van der Waals surface area (Å²) in [5.41, 5.74) is 2.37. The first kappa shape index (κ1) is 11.2. The number of aryl methyl sites for hydroxylation is 1. The van der Waals surface area contributed by atoms with Gasteiger partial charge in [0.2, 0.25) is 0 Å². The lowest BCUT2D eigenvalue weighted by atomic mass is 10.0. The highest BCUT2D eigenvalue weighted by atomic mass is 35.5. The van der Waals surface area contributed by atoms with Gasteiger partial charge in [-0.25, -0.2) is 9.37 Å². The molecular formula is C14H10ClFN2. The van der Waals surface area contributed by atoms with Crippen LogP contribution >= 0.6 is 11.6 Å². The third-order valence-corrected chi connectivity index (χ3v) is 3.29. The second-order valence-electron chi connectivity index (χ2n) is 4.13. The van der Waals surface area contributed by atoms with Crippen molar-refractivity contribution in [2.75, 3.05) is 0 Å². The zero-order chi connectivity index (χ0) is 12.7. The molecule has 0 aliphatic carbocycles. The Labute approximate surface area is 109 Å². The zero-order valence-electron chi connectivity index (χ0n) is 9.69. The number of aromatic nitrogens is 2. The molecule has 1 aromatic carbocycles. The second kappa shape index (κ2) is 4.10. The SMILES string of the molecule is Cc1cccc(-c2c(Cl)ccn3ccnc23)c1F. The van der Waals surface area contributed by atoms with Crippen LogP contribution in [0, 0.1) is 12.7 Å². The van der Waals surface area contributed by atoms with Crippen LogP contribution in [0.2, 0.25) is 5.02 Å². The average Bonchev–Trinajstić information content (AvgIpc) is 2.82. The molecule has 3 aromatic rings. The van der Waals surface area contributed by atoms with Crippen LogP contribution in [0.5, 0.6) is 0 Å². The van der Waals surface area contributed by atoms with Gasteiger partial charge >= 0.3 is 0 Å². The van der Waals surface area contributed by atoms with E-state index in [1.807, 2.05) is 22.9 Å². The van der Waals surface area contributed by atoms with Crippen LogP contribution in [0.3, 0.4) is 0 Å². The minimum absolute atomic E-state index is 0.254. The molecule has 90 valence electrons. The summed E-state index contributed by atoms with van der Waals surface area (Å²) in [6, 6.07) is 7.01.